The van der Waals surface area contributed by atoms with Crippen molar-refractivity contribution in [3.8, 4) is 0 Å². The summed E-state index contributed by atoms with van der Waals surface area (Å²) in [4.78, 5) is 47.1. The molecule has 1 N–H and O–H groups in total. The van der Waals surface area contributed by atoms with Crippen molar-refractivity contribution >= 4 is 25.5 Å². The Balaban J connectivity index is 4.44. The highest BCUT2D eigenvalue weighted by molar-refractivity contribution is 7.47. The number of ether oxygens (including phenoxy) is 2. The molecule has 0 saturated carbocycles. The van der Waals surface area contributed by atoms with E-state index in [1.165, 1.54) is 51.4 Å². The fraction of sp³-hybridized carbons (Fsp3) is 0.795. The minimum Gasteiger partial charge on any atom is -0.462 e. The number of ketones is 1. The van der Waals surface area contributed by atoms with Crippen molar-refractivity contribution in [3.05, 3.63) is 36.5 Å². The Labute approximate surface area is 336 Å². The van der Waals surface area contributed by atoms with Crippen LogP contribution >= 0.6 is 7.82 Å². The van der Waals surface area contributed by atoms with E-state index in [1.54, 1.807) is 6.08 Å². The molecule has 10 nitrogen and oxygen atoms in total. The van der Waals surface area contributed by atoms with Gasteiger partial charge in [-0.15, -0.1) is 0 Å². The van der Waals surface area contributed by atoms with Crippen LogP contribution in [0.4, 0.5) is 0 Å². The number of allylic oxidation sites excluding steroid dienone is 6. The van der Waals surface area contributed by atoms with E-state index in [-0.39, 0.29) is 31.8 Å². The van der Waals surface area contributed by atoms with Gasteiger partial charge in [-0.1, -0.05) is 128 Å². The maximum atomic E-state index is 12.7. The Morgan fingerprint density at radius 3 is 1.67 bits per heavy atom. The zero-order chi connectivity index (χ0) is 40.9. The van der Waals surface area contributed by atoms with Gasteiger partial charge >= 0.3 is 19.8 Å². The molecule has 0 heterocycles. The van der Waals surface area contributed by atoms with Gasteiger partial charge in [-0.3, -0.25) is 23.4 Å². The van der Waals surface area contributed by atoms with Crippen molar-refractivity contribution in [1.29, 1.82) is 0 Å². The van der Waals surface area contributed by atoms with E-state index in [0.29, 0.717) is 23.9 Å². The molecule has 0 radical (unpaired) electrons. The summed E-state index contributed by atoms with van der Waals surface area (Å²) in [5, 5.41) is 0. The smallest absolute Gasteiger partial charge is 0.462 e. The zero-order valence-corrected chi connectivity index (χ0v) is 36.5. The first-order valence-electron chi connectivity index (χ1n) is 21.7. The normalized spacial score (nSPS) is 13.9. The summed E-state index contributed by atoms with van der Waals surface area (Å²) >= 11 is 0. The van der Waals surface area contributed by atoms with Crippen molar-refractivity contribution in [2.45, 2.75) is 180 Å². The molecule has 0 aromatic heterocycles. The molecule has 320 valence electrons. The largest absolute Gasteiger partial charge is 0.472 e. The highest BCUT2D eigenvalue weighted by atomic mass is 31.2. The third-order valence-electron chi connectivity index (χ3n) is 9.12. The van der Waals surface area contributed by atoms with Crippen LogP contribution in [0.25, 0.3) is 0 Å². The van der Waals surface area contributed by atoms with Gasteiger partial charge in [0.05, 0.1) is 27.7 Å². The second-order valence-electron chi connectivity index (χ2n) is 15.8. The fourth-order valence-corrected chi connectivity index (χ4v) is 6.38. The number of phosphoric acid groups is 1. The predicted octanol–water partition coefficient (Wildman–Crippen LogP) is 11.3. The van der Waals surface area contributed by atoms with E-state index in [1.807, 2.05) is 33.3 Å². The van der Waals surface area contributed by atoms with Crippen molar-refractivity contribution in [1.82, 2.24) is 0 Å². The first-order chi connectivity index (χ1) is 26.4. The molecule has 0 bridgehead atoms. The van der Waals surface area contributed by atoms with Crippen molar-refractivity contribution in [2.24, 2.45) is 0 Å². The molecule has 0 rings (SSSR count). The molecule has 0 aliphatic heterocycles. The Bertz CT molecular complexity index is 1100. The van der Waals surface area contributed by atoms with Crippen LogP contribution in [-0.4, -0.2) is 80.7 Å². The number of nitrogens with zero attached hydrogens (tertiary/aromatic N) is 1. The van der Waals surface area contributed by atoms with Crippen molar-refractivity contribution in [2.75, 3.05) is 47.5 Å². The number of rotatable bonds is 39. The Kier molecular flexibility index (Phi) is 34.9. The van der Waals surface area contributed by atoms with Gasteiger partial charge in [-0.2, -0.15) is 0 Å². The van der Waals surface area contributed by atoms with E-state index in [2.05, 4.69) is 32.1 Å². The van der Waals surface area contributed by atoms with Crippen molar-refractivity contribution < 1.29 is 46.8 Å². The maximum Gasteiger partial charge on any atom is 0.472 e. The summed E-state index contributed by atoms with van der Waals surface area (Å²) in [7, 11) is 1.42. The average molecular weight is 799 g/mol. The molecule has 0 aromatic rings. The number of carbonyl (C=O) groups excluding carboxylic acids is 3. The number of carbonyl (C=O) groups is 3. The van der Waals surface area contributed by atoms with Gasteiger partial charge in [0.15, 0.2) is 11.9 Å². The Hall–Kier alpha value is -2.10. The van der Waals surface area contributed by atoms with Crippen LogP contribution in [0, 0.1) is 0 Å². The third-order valence-corrected chi connectivity index (χ3v) is 10.1. The monoisotopic (exact) mass is 799 g/mol. The van der Waals surface area contributed by atoms with Crippen LogP contribution in [0.1, 0.15) is 174 Å². The molecular weight excluding hydrogens is 717 g/mol. The molecule has 0 saturated heterocycles. The van der Waals surface area contributed by atoms with E-state index < -0.39 is 32.5 Å². The van der Waals surface area contributed by atoms with E-state index in [9.17, 15) is 23.8 Å². The summed E-state index contributed by atoms with van der Waals surface area (Å²) in [5.74, 6) is -0.689. The molecular formula is C44H81NO9P+. The second kappa shape index (κ2) is 36.3. The fourth-order valence-electron chi connectivity index (χ4n) is 5.64. The third kappa shape index (κ3) is 39.9. The SMILES string of the molecule is CCCCCC/C=C\CCCCCCCCCC(=O)OC[C@H](COP(=O)(O)OCC[N+](C)(C)C)OC(=O)CCCCCCC/C=C\C=C\C(=O)CCCCC. The lowest BCUT2D eigenvalue weighted by Gasteiger charge is -2.24. The van der Waals surface area contributed by atoms with Crippen molar-refractivity contribution in [3.63, 3.8) is 0 Å². The molecule has 0 spiro atoms. The Morgan fingerprint density at radius 2 is 1.09 bits per heavy atom. The molecule has 0 amide bonds. The van der Waals surface area contributed by atoms with Crippen LogP contribution < -0.4 is 0 Å². The standard InChI is InChI=1S/C44H80NO9P/c1-6-8-10-11-12-13-14-15-16-17-18-21-24-27-31-35-43(47)51-39-42(40-53-55(49,50)52-38-37-45(3,4)5)54-44(48)36-32-28-25-22-19-20-23-26-30-34-41(46)33-29-9-7-2/h13-14,23,26,30,34,42H,6-12,15-22,24-25,27-29,31-33,35-40H2,1-5H3/p+1/b14-13-,26-23-,34-30+/t42-/m1/s1. The Morgan fingerprint density at radius 1 is 0.600 bits per heavy atom. The number of esters is 2. The maximum absolute atomic E-state index is 12.7. The molecule has 1 unspecified atom stereocenters. The molecule has 2 atom stereocenters. The highest BCUT2D eigenvalue weighted by Crippen LogP contribution is 2.43. The topological polar surface area (TPSA) is 125 Å². The lowest BCUT2D eigenvalue weighted by Crippen LogP contribution is -2.37. The van der Waals surface area contributed by atoms with Gasteiger partial charge in [-0.25, -0.2) is 4.57 Å². The number of hydrogen-bond donors (Lipinski definition) is 1. The van der Waals surface area contributed by atoms with Crippen LogP contribution in [0.15, 0.2) is 36.5 Å². The quantitative estimate of drug-likeness (QED) is 0.0123. The lowest BCUT2D eigenvalue weighted by atomic mass is 10.1. The minimum absolute atomic E-state index is 0.0147. The number of likely N-dealkylation sites (N-methyl/N-ethyl adjacent to an activating group) is 1. The van der Waals surface area contributed by atoms with Gasteiger partial charge in [-0.05, 0) is 63.9 Å². The van der Waals surface area contributed by atoms with Gasteiger partial charge < -0.3 is 18.9 Å². The molecule has 11 heteroatoms. The first kappa shape index (κ1) is 52.9. The highest BCUT2D eigenvalue weighted by Gasteiger charge is 2.27. The number of phosphoric ester groups is 1. The van der Waals surface area contributed by atoms with E-state index >= 15 is 0 Å². The van der Waals surface area contributed by atoms with Crippen LogP contribution in [0.3, 0.4) is 0 Å². The summed E-state index contributed by atoms with van der Waals surface area (Å²) in [6, 6.07) is 0. The van der Waals surface area contributed by atoms with Crippen LogP contribution in [0.2, 0.25) is 0 Å². The van der Waals surface area contributed by atoms with Crippen LogP contribution in [0.5, 0.6) is 0 Å². The second-order valence-corrected chi connectivity index (χ2v) is 17.2. The first-order valence-corrected chi connectivity index (χ1v) is 23.2. The molecule has 0 aliphatic carbocycles. The summed E-state index contributed by atoms with van der Waals surface area (Å²) in [6.45, 7) is 4.19. The van der Waals surface area contributed by atoms with Gasteiger partial charge in [0.2, 0.25) is 0 Å². The molecule has 55 heavy (non-hydrogen) atoms. The van der Waals surface area contributed by atoms with Gasteiger partial charge in [0.1, 0.15) is 19.8 Å². The number of quaternary nitrogens is 1. The van der Waals surface area contributed by atoms with E-state index in [4.69, 9.17) is 18.5 Å². The van der Waals surface area contributed by atoms with E-state index in [0.717, 1.165) is 83.5 Å². The molecule has 0 aromatic carbocycles. The van der Waals surface area contributed by atoms with Gasteiger partial charge in [0.25, 0.3) is 0 Å². The summed E-state index contributed by atoms with van der Waals surface area (Å²) in [5.41, 5.74) is 0. The van der Waals surface area contributed by atoms with Gasteiger partial charge in [0, 0.05) is 19.3 Å². The average Bonchev–Trinajstić information content (AvgIpc) is 3.12. The summed E-state index contributed by atoms with van der Waals surface area (Å²) in [6.07, 6.45) is 35.9. The molecule has 0 aliphatic rings. The number of hydrogen-bond acceptors (Lipinski definition) is 8. The lowest BCUT2D eigenvalue weighted by molar-refractivity contribution is -0.870. The predicted molar refractivity (Wildman–Crippen MR) is 225 cm³/mol. The summed E-state index contributed by atoms with van der Waals surface area (Å²) < 4.78 is 34.2. The zero-order valence-electron chi connectivity index (χ0n) is 35.7. The number of unbranched alkanes of at least 4 members (excludes halogenated alkanes) is 18. The minimum atomic E-state index is -4.39. The molecule has 0 fully saturated rings. The van der Waals surface area contributed by atoms with Crippen LogP contribution in [-0.2, 0) is 37.5 Å².